The Morgan fingerprint density at radius 2 is 1.89 bits per heavy atom. The summed E-state index contributed by atoms with van der Waals surface area (Å²) in [6, 6.07) is 14.1. The third-order valence-corrected chi connectivity index (χ3v) is 2.90. The largest absolute Gasteiger partial charge is 0.481 e. The van der Waals surface area contributed by atoms with Crippen LogP contribution in [0.5, 0.6) is 5.88 Å². The van der Waals surface area contributed by atoms with E-state index in [1.807, 2.05) is 30.3 Å². The molecular weight excluding hydrogens is 222 g/mol. The zero-order chi connectivity index (χ0) is 13.0. The molecule has 2 heteroatoms. The van der Waals surface area contributed by atoms with Gasteiger partial charge in [0, 0.05) is 6.07 Å². The Morgan fingerprint density at radius 3 is 2.61 bits per heavy atom. The van der Waals surface area contributed by atoms with Crippen LogP contribution in [0.3, 0.4) is 0 Å². The fourth-order valence-electron chi connectivity index (χ4n) is 1.80. The van der Waals surface area contributed by atoms with Crippen molar-refractivity contribution < 1.29 is 4.74 Å². The molecule has 2 aromatic rings. The number of aryl methyl sites for hydroxylation is 1. The van der Waals surface area contributed by atoms with Crippen LogP contribution < -0.4 is 4.74 Å². The third kappa shape index (κ3) is 2.77. The Labute approximate surface area is 108 Å². The van der Waals surface area contributed by atoms with Crippen LogP contribution in [0.25, 0.3) is 11.6 Å². The summed E-state index contributed by atoms with van der Waals surface area (Å²) >= 11 is 0. The molecule has 0 aliphatic carbocycles. The SMILES string of the molecule is COc1cccc(/C(C)=C/c2ccccc2C)n1. The van der Waals surface area contributed by atoms with Gasteiger partial charge in [0.2, 0.25) is 5.88 Å². The summed E-state index contributed by atoms with van der Waals surface area (Å²) in [5.41, 5.74) is 4.56. The summed E-state index contributed by atoms with van der Waals surface area (Å²) in [4.78, 5) is 4.43. The minimum Gasteiger partial charge on any atom is -0.481 e. The Kier molecular flexibility index (Phi) is 3.78. The summed E-state index contributed by atoms with van der Waals surface area (Å²) in [5.74, 6) is 0.644. The minimum absolute atomic E-state index is 0.644. The topological polar surface area (TPSA) is 22.1 Å². The molecule has 0 bridgehead atoms. The molecular formula is C16H17NO. The van der Waals surface area contributed by atoms with Crippen molar-refractivity contribution in [3.05, 3.63) is 59.3 Å². The van der Waals surface area contributed by atoms with E-state index in [0.717, 1.165) is 11.3 Å². The Bertz CT molecular complexity index is 573. The molecule has 2 rings (SSSR count). The Balaban J connectivity index is 2.36. The van der Waals surface area contributed by atoms with Gasteiger partial charge in [0.05, 0.1) is 12.8 Å². The van der Waals surface area contributed by atoms with Crippen molar-refractivity contribution in [2.24, 2.45) is 0 Å². The maximum absolute atomic E-state index is 5.14. The highest BCUT2D eigenvalue weighted by atomic mass is 16.5. The second kappa shape index (κ2) is 5.50. The smallest absolute Gasteiger partial charge is 0.213 e. The lowest BCUT2D eigenvalue weighted by molar-refractivity contribution is 0.397. The first-order chi connectivity index (χ1) is 8.70. The van der Waals surface area contributed by atoms with Crippen molar-refractivity contribution in [2.75, 3.05) is 7.11 Å². The molecule has 1 aromatic carbocycles. The highest BCUT2D eigenvalue weighted by Crippen LogP contribution is 2.19. The summed E-state index contributed by atoms with van der Waals surface area (Å²) in [7, 11) is 1.63. The van der Waals surface area contributed by atoms with Gasteiger partial charge in [0.1, 0.15) is 0 Å². The number of pyridine rings is 1. The van der Waals surface area contributed by atoms with Gasteiger partial charge in [-0.2, -0.15) is 0 Å². The molecule has 0 radical (unpaired) electrons. The van der Waals surface area contributed by atoms with Crippen LogP contribution in [0.2, 0.25) is 0 Å². The second-order valence-electron chi connectivity index (χ2n) is 4.25. The van der Waals surface area contributed by atoms with Crippen molar-refractivity contribution in [1.82, 2.24) is 4.98 Å². The number of benzene rings is 1. The minimum atomic E-state index is 0.644. The number of hydrogen-bond donors (Lipinski definition) is 0. The number of methoxy groups -OCH3 is 1. The third-order valence-electron chi connectivity index (χ3n) is 2.90. The van der Waals surface area contributed by atoms with Gasteiger partial charge in [0.15, 0.2) is 0 Å². The molecule has 0 unspecified atom stereocenters. The number of nitrogens with zero attached hydrogens (tertiary/aromatic N) is 1. The van der Waals surface area contributed by atoms with Crippen molar-refractivity contribution in [3.63, 3.8) is 0 Å². The van der Waals surface area contributed by atoms with E-state index in [-0.39, 0.29) is 0 Å². The molecule has 0 aliphatic heterocycles. The lowest BCUT2D eigenvalue weighted by Crippen LogP contribution is -1.91. The lowest BCUT2D eigenvalue weighted by atomic mass is 10.0. The number of hydrogen-bond acceptors (Lipinski definition) is 2. The van der Waals surface area contributed by atoms with Crippen molar-refractivity contribution in [1.29, 1.82) is 0 Å². The van der Waals surface area contributed by atoms with Gasteiger partial charge in [-0.05, 0) is 42.7 Å². The van der Waals surface area contributed by atoms with E-state index in [0.29, 0.717) is 5.88 Å². The molecule has 0 fully saturated rings. The van der Waals surface area contributed by atoms with Crippen molar-refractivity contribution in [3.8, 4) is 5.88 Å². The maximum atomic E-state index is 5.14. The van der Waals surface area contributed by atoms with Crippen LogP contribution in [0.4, 0.5) is 0 Å². The van der Waals surface area contributed by atoms with E-state index < -0.39 is 0 Å². The first kappa shape index (κ1) is 12.4. The molecule has 0 saturated heterocycles. The van der Waals surface area contributed by atoms with E-state index in [1.165, 1.54) is 11.1 Å². The van der Waals surface area contributed by atoms with E-state index in [1.54, 1.807) is 7.11 Å². The molecule has 0 spiro atoms. The van der Waals surface area contributed by atoms with E-state index >= 15 is 0 Å². The second-order valence-corrected chi connectivity index (χ2v) is 4.25. The van der Waals surface area contributed by atoms with Gasteiger partial charge in [-0.3, -0.25) is 0 Å². The van der Waals surface area contributed by atoms with Crippen LogP contribution in [0, 0.1) is 6.92 Å². The molecule has 0 atom stereocenters. The number of allylic oxidation sites excluding steroid dienone is 1. The number of rotatable bonds is 3. The summed E-state index contributed by atoms with van der Waals surface area (Å²) < 4.78 is 5.14. The van der Waals surface area contributed by atoms with Crippen LogP contribution in [0.1, 0.15) is 23.7 Å². The molecule has 2 nitrogen and oxygen atoms in total. The molecule has 92 valence electrons. The molecule has 0 N–H and O–H groups in total. The first-order valence-corrected chi connectivity index (χ1v) is 5.96. The fourth-order valence-corrected chi connectivity index (χ4v) is 1.80. The molecule has 0 amide bonds. The number of ether oxygens (including phenoxy) is 1. The van der Waals surface area contributed by atoms with Crippen molar-refractivity contribution in [2.45, 2.75) is 13.8 Å². The summed E-state index contributed by atoms with van der Waals surface area (Å²) in [5, 5.41) is 0. The molecule has 1 aromatic heterocycles. The molecule has 18 heavy (non-hydrogen) atoms. The van der Waals surface area contributed by atoms with Gasteiger partial charge < -0.3 is 4.74 Å². The van der Waals surface area contributed by atoms with Crippen LogP contribution >= 0.6 is 0 Å². The normalized spacial score (nSPS) is 11.4. The van der Waals surface area contributed by atoms with Gasteiger partial charge >= 0.3 is 0 Å². The van der Waals surface area contributed by atoms with Crippen LogP contribution in [0.15, 0.2) is 42.5 Å². The number of aromatic nitrogens is 1. The Morgan fingerprint density at radius 1 is 1.11 bits per heavy atom. The zero-order valence-electron chi connectivity index (χ0n) is 11.0. The quantitative estimate of drug-likeness (QED) is 0.808. The standard InChI is InChI=1S/C16H17NO/c1-12-7-4-5-8-14(12)11-13(2)15-9-6-10-16(17-15)18-3/h4-11H,1-3H3/b13-11+. The van der Waals surface area contributed by atoms with Gasteiger partial charge in [0.25, 0.3) is 0 Å². The average Bonchev–Trinajstić information content (AvgIpc) is 2.41. The van der Waals surface area contributed by atoms with E-state index in [2.05, 4.69) is 37.0 Å². The van der Waals surface area contributed by atoms with Crippen LogP contribution in [-0.4, -0.2) is 12.1 Å². The monoisotopic (exact) mass is 239 g/mol. The van der Waals surface area contributed by atoms with Gasteiger partial charge in [-0.25, -0.2) is 4.98 Å². The maximum Gasteiger partial charge on any atom is 0.213 e. The molecule has 1 heterocycles. The van der Waals surface area contributed by atoms with Crippen LogP contribution in [-0.2, 0) is 0 Å². The van der Waals surface area contributed by atoms with E-state index in [4.69, 9.17) is 4.74 Å². The molecule has 0 aliphatic rings. The summed E-state index contributed by atoms with van der Waals surface area (Å²) in [6.45, 7) is 4.17. The van der Waals surface area contributed by atoms with Gasteiger partial charge in [-0.15, -0.1) is 0 Å². The van der Waals surface area contributed by atoms with Gasteiger partial charge in [-0.1, -0.05) is 30.3 Å². The zero-order valence-corrected chi connectivity index (χ0v) is 11.0. The average molecular weight is 239 g/mol. The highest BCUT2D eigenvalue weighted by molar-refractivity contribution is 5.79. The van der Waals surface area contributed by atoms with Crippen molar-refractivity contribution >= 4 is 11.6 Å². The Hall–Kier alpha value is -2.09. The lowest BCUT2D eigenvalue weighted by Gasteiger charge is -2.05. The molecule has 0 saturated carbocycles. The summed E-state index contributed by atoms with van der Waals surface area (Å²) in [6.07, 6.45) is 2.15. The first-order valence-electron chi connectivity index (χ1n) is 5.96. The van der Waals surface area contributed by atoms with E-state index in [9.17, 15) is 0 Å². The fraction of sp³-hybridized carbons (Fsp3) is 0.188. The predicted molar refractivity (Wildman–Crippen MR) is 75.5 cm³/mol. The highest BCUT2D eigenvalue weighted by Gasteiger charge is 2.01. The predicted octanol–water partition coefficient (Wildman–Crippen LogP) is 3.96.